The minimum atomic E-state index is -1.23. The molecule has 0 radical (unpaired) electrons. The standard InChI is InChI=1S/C21H21F2N3O2/c22-16-9-10-18(23)17(13-16)19-25-26(20(27)14-7-8-14)21(28-19,11-4-12-24)15-5-2-1-3-6-15/h1-3,5-6,9-10,13-14H,4,7-8,11-12,24H2. The van der Waals surface area contributed by atoms with E-state index < -0.39 is 17.4 Å². The molecular weight excluding hydrogens is 364 g/mol. The van der Waals surface area contributed by atoms with Gasteiger partial charge in [-0.05, 0) is 44.0 Å². The number of ether oxygens (including phenoxy) is 1. The third kappa shape index (κ3) is 3.26. The van der Waals surface area contributed by atoms with E-state index in [9.17, 15) is 13.6 Å². The van der Waals surface area contributed by atoms with Crippen LogP contribution >= 0.6 is 0 Å². The Kier molecular flexibility index (Phi) is 4.85. The van der Waals surface area contributed by atoms with Crippen molar-refractivity contribution in [2.75, 3.05) is 6.54 Å². The van der Waals surface area contributed by atoms with Crippen molar-refractivity contribution in [1.29, 1.82) is 0 Å². The van der Waals surface area contributed by atoms with E-state index in [2.05, 4.69) is 5.10 Å². The van der Waals surface area contributed by atoms with E-state index in [1.807, 2.05) is 30.3 Å². The van der Waals surface area contributed by atoms with Crippen LogP contribution in [0.1, 0.15) is 36.8 Å². The van der Waals surface area contributed by atoms with Crippen LogP contribution in [0.15, 0.2) is 53.6 Å². The van der Waals surface area contributed by atoms with Gasteiger partial charge in [0.1, 0.15) is 11.6 Å². The van der Waals surface area contributed by atoms with E-state index in [1.54, 1.807) is 0 Å². The Hall–Kier alpha value is -2.80. The summed E-state index contributed by atoms with van der Waals surface area (Å²) in [6.07, 6.45) is 2.53. The highest BCUT2D eigenvalue weighted by molar-refractivity contribution is 5.97. The fourth-order valence-electron chi connectivity index (χ4n) is 3.42. The molecule has 1 atom stereocenters. The van der Waals surface area contributed by atoms with Gasteiger partial charge in [-0.1, -0.05) is 30.3 Å². The number of hydrazone groups is 1. The summed E-state index contributed by atoms with van der Waals surface area (Å²) in [6, 6.07) is 12.3. The molecule has 0 bridgehead atoms. The lowest BCUT2D eigenvalue weighted by Crippen LogP contribution is -2.46. The van der Waals surface area contributed by atoms with Gasteiger partial charge in [-0.15, -0.1) is 5.10 Å². The molecule has 1 amide bonds. The van der Waals surface area contributed by atoms with E-state index in [0.717, 1.165) is 31.0 Å². The maximum absolute atomic E-state index is 14.4. The Bertz CT molecular complexity index is 915. The van der Waals surface area contributed by atoms with Crippen LogP contribution in [0.4, 0.5) is 8.78 Å². The first-order chi connectivity index (χ1) is 13.5. The summed E-state index contributed by atoms with van der Waals surface area (Å²) < 4.78 is 34.3. The zero-order chi connectivity index (χ0) is 19.7. The van der Waals surface area contributed by atoms with Crippen molar-refractivity contribution in [3.63, 3.8) is 0 Å². The molecule has 0 spiro atoms. The first kappa shape index (κ1) is 18.6. The molecule has 1 aliphatic heterocycles. The van der Waals surface area contributed by atoms with Crippen molar-refractivity contribution in [2.45, 2.75) is 31.4 Å². The van der Waals surface area contributed by atoms with Gasteiger partial charge in [-0.25, -0.2) is 8.78 Å². The van der Waals surface area contributed by atoms with Crippen molar-refractivity contribution < 1.29 is 18.3 Å². The highest BCUT2D eigenvalue weighted by Crippen LogP contribution is 2.44. The fourth-order valence-corrected chi connectivity index (χ4v) is 3.42. The molecule has 2 aromatic carbocycles. The highest BCUT2D eigenvalue weighted by Gasteiger charge is 2.52. The second kappa shape index (κ2) is 7.31. The Morgan fingerprint density at radius 3 is 2.64 bits per heavy atom. The number of amides is 1. The summed E-state index contributed by atoms with van der Waals surface area (Å²) in [4.78, 5) is 13.0. The molecular formula is C21H21F2N3O2. The SMILES string of the molecule is NCCCC1(c2ccccc2)OC(c2cc(F)ccc2F)=NN1C(=O)C1CC1. The number of nitrogens with two attached hydrogens (primary N) is 1. The van der Waals surface area contributed by atoms with Gasteiger partial charge in [-0.2, -0.15) is 5.01 Å². The maximum Gasteiger partial charge on any atom is 0.249 e. The normalized spacial score (nSPS) is 21.4. The van der Waals surface area contributed by atoms with Gasteiger partial charge in [0.25, 0.3) is 0 Å². The van der Waals surface area contributed by atoms with Crippen LogP contribution in [0.25, 0.3) is 0 Å². The average Bonchev–Trinajstić information content (AvgIpc) is 3.49. The lowest BCUT2D eigenvalue weighted by Gasteiger charge is -2.35. The summed E-state index contributed by atoms with van der Waals surface area (Å²) in [5, 5.41) is 5.65. The van der Waals surface area contributed by atoms with Crippen LogP contribution in [0.5, 0.6) is 0 Å². The molecule has 0 aromatic heterocycles. The monoisotopic (exact) mass is 385 g/mol. The van der Waals surface area contributed by atoms with Gasteiger partial charge in [0.2, 0.25) is 17.5 Å². The zero-order valence-electron chi connectivity index (χ0n) is 15.3. The zero-order valence-corrected chi connectivity index (χ0v) is 15.3. The predicted molar refractivity (Wildman–Crippen MR) is 100.0 cm³/mol. The average molecular weight is 385 g/mol. The molecule has 1 fully saturated rings. The van der Waals surface area contributed by atoms with Gasteiger partial charge >= 0.3 is 0 Å². The van der Waals surface area contributed by atoms with Crippen LogP contribution in [-0.2, 0) is 15.3 Å². The third-order valence-corrected chi connectivity index (χ3v) is 5.04. The second-order valence-corrected chi connectivity index (χ2v) is 7.10. The second-order valence-electron chi connectivity index (χ2n) is 7.10. The van der Waals surface area contributed by atoms with Gasteiger partial charge in [0.15, 0.2) is 0 Å². The minimum Gasteiger partial charge on any atom is -0.443 e. The summed E-state index contributed by atoms with van der Waals surface area (Å²) in [7, 11) is 0. The topological polar surface area (TPSA) is 67.9 Å². The van der Waals surface area contributed by atoms with Crippen molar-refractivity contribution >= 4 is 11.8 Å². The Morgan fingerprint density at radius 2 is 1.96 bits per heavy atom. The molecule has 28 heavy (non-hydrogen) atoms. The largest absolute Gasteiger partial charge is 0.443 e. The number of hydrogen-bond donors (Lipinski definition) is 1. The third-order valence-electron chi connectivity index (χ3n) is 5.04. The molecule has 5 nitrogen and oxygen atoms in total. The first-order valence-corrected chi connectivity index (χ1v) is 9.38. The summed E-state index contributed by atoms with van der Waals surface area (Å²) >= 11 is 0. The molecule has 1 aliphatic carbocycles. The molecule has 7 heteroatoms. The lowest BCUT2D eigenvalue weighted by molar-refractivity contribution is -0.154. The number of halogens is 2. The van der Waals surface area contributed by atoms with E-state index in [-0.39, 0.29) is 23.3 Å². The summed E-state index contributed by atoms with van der Waals surface area (Å²) in [5.74, 6) is -1.67. The number of hydrogen-bond acceptors (Lipinski definition) is 4. The minimum absolute atomic E-state index is 0.105. The molecule has 2 aromatic rings. The van der Waals surface area contributed by atoms with Crippen molar-refractivity contribution in [2.24, 2.45) is 16.8 Å². The van der Waals surface area contributed by atoms with Crippen LogP contribution in [0.2, 0.25) is 0 Å². The van der Waals surface area contributed by atoms with E-state index in [4.69, 9.17) is 10.5 Å². The number of benzene rings is 2. The molecule has 4 rings (SSSR count). The molecule has 1 saturated carbocycles. The first-order valence-electron chi connectivity index (χ1n) is 9.38. The van der Waals surface area contributed by atoms with Crippen molar-refractivity contribution in [3.05, 3.63) is 71.3 Å². The van der Waals surface area contributed by atoms with E-state index >= 15 is 0 Å². The molecule has 1 unspecified atom stereocenters. The lowest BCUT2D eigenvalue weighted by atomic mass is 9.96. The highest BCUT2D eigenvalue weighted by atomic mass is 19.1. The predicted octanol–water partition coefficient (Wildman–Crippen LogP) is 3.49. The molecule has 0 saturated heterocycles. The van der Waals surface area contributed by atoms with Crippen molar-refractivity contribution in [3.8, 4) is 0 Å². The maximum atomic E-state index is 14.4. The smallest absolute Gasteiger partial charge is 0.249 e. The van der Waals surface area contributed by atoms with Crippen LogP contribution < -0.4 is 5.73 Å². The van der Waals surface area contributed by atoms with Gasteiger partial charge in [0, 0.05) is 17.9 Å². The van der Waals surface area contributed by atoms with Crippen LogP contribution in [0.3, 0.4) is 0 Å². The Morgan fingerprint density at radius 1 is 1.21 bits per heavy atom. The van der Waals surface area contributed by atoms with Crippen LogP contribution in [0, 0.1) is 17.6 Å². The van der Waals surface area contributed by atoms with E-state index in [1.165, 1.54) is 5.01 Å². The number of rotatable bonds is 6. The molecule has 2 N–H and O–H groups in total. The molecule has 146 valence electrons. The summed E-state index contributed by atoms with van der Waals surface area (Å²) in [5.41, 5.74) is 5.10. The molecule has 2 aliphatic rings. The fraction of sp³-hybridized carbons (Fsp3) is 0.333. The number of nitrogens with zero attached hydrogens (tertiary/aromatic N) is 2. The quantitative estimate of drug-likeness (QED) is 0.828. The van der Waals surface area contributed by atoms with Gasteiger partial charge in [0.05, 0.1) is 5.56 Å². The van der Waals surface area contributed by atoms with Crippen LogP contribution in [-0.4, -0.2) is 23.4 Å². The Balaban J connectivity index is 1.82. The van der Waals surface area contributed by atoms with Gasteiger partial charge < -0.3 is 10.5 Å². The van der Waals surface area contributed by atoms with E-state index in [0.29, 0.717) is 24.9 Å². The Labute approximate surface area is 161 Å². The number of carbonyl (C=O) groups excluding carboxylic acids is 1. The number of carbonyl (C=O) groups is 1. The van der Waals surface area contributed by atoms with Gasteiger partial charge in [-0.3, -0.25) is 4.79 Å². The molecule has 1 heterocycles. The van der Waals surface area contributed by atoms with Crippen molar-refractivity contribution in [1.82, 2.24) is 5.01 Å². The summed E-state index contributed by atoms with van der Waals surface area (Å²) in [6.45, 7) is 0.396.